The van der Waals surface area contributed by atoms with E-state index in [1.807, 2.05) is 6.92 Å². The van der Waals surface area contributed by atoms with Crippen LogP contribution in [0.4, 0.5) is 5.13 Å². The molecule has 0 aliphatic heterocycles. The van der Waals surface area contributed by atoms with E-state index < -0.39 is 6.04 Å². The molecule has 0 bridgehead atoms. The Balaban J connectivity index is 1.61. The third kappa shape index (κ3) is 3.48. The van der Waals surface area contributed by atoms with Gasteiger partial charge in [-0.15, -0.1) is 21.5 Å². The average molecular weight is 418 g/mol. The number of thiophene rings is 1. The second kappa shape index (κ2) is 7.71. The van der Waals surface area contributed by atoms with E-state index in [0.717, 1.165) is 41.1 Å². The summed E-state index contributed by atoms with van der Waals surface area (Å²) < 4.78 is 1.47. The predicted molar refractivity (Wildman–Crippen MR) is 112 cm³/mol. The summed E-state index contributed by atoms with van der Waals surface area (Å²) in [5, 5.41) is 13.1. The van der Waals surface area contributed by atoms with Gasteiger partial charge in [0.05, 0.1) is 11.7 Å². The second-order valence-corrected chi connectivity index (χ2v) is 9.65. The van der Waals surface area contributed by atoms with Crippen LogP contribution in [0.15, 0.2) is 11.1 Å². The fraction of sp³-hybridized carbons (Fsp3) is 0.526. The van der Waals surface area contributed by atoms with E-state index in [0.29, 0.717) is 22.9 Å². The first-order chi connectivity index (χ1) is 13.5. The molecule has 1 aliphatic carbocycles. The van der Waals surface area contributed by atoms with Crippen LogP contribution in [0.25, 0.3) is 10.2 Å². The fourth-order valence-electron chi connectivity index (χ4n) is 3.65. The molecular weight excluding hydrogens is 394 g/mol. The predicted octanol–water partition coefficient (Wildman–Crippen LogP) is 3.59. The molecule has 1 amide bonds. The highest BCUT2D eigenvalue weighted by Crippen LogP contribution is 2.34. The minimum atomic E-state index is -0.626. The number of aryl methyl sites for hydroxylation is 2. The van der Waals surface area contributed by atoms with Crippen molar-refractivity contribution in [3.05, 3.63) is 32.1 Å². The maximum absolute atomic E-state index is 13.2. The van der Waals surface area contributed by atoms with Crippen molar-refractivity contribution < 1.29 is 4.79 Å². The molecule has 0 saturated carbocycles. The van der Waals surface area contributed by atoms with Gasteiger partial charge < -0.3 is 0 Å². The first-order valence-corrected chi connectivity index (χ1v) is 11.3. The highest BCUT2D eigenvalue weighted by Gasteiger charge is 2.26. The smallest absolute Gasteiger partial charge is 0.263 e. The van der Waals surface area contributed by atoms with Gasteiger partial charge in [0.25, 0.3) is 5.56 Å². The summed E-state index contributed by atoms with van der Waals surface area (Å²) in [6.07, 6.45) is 5.84. The Hall–Kier alpha value is -2.13. The summed E-state index contributed by atoms with van der Waals surface area (Å²) in [6, 6.07) is -0.626. The maximum Gasteiger partial charge on any atom is 0.263 e. The zero-order valence-electron chi connectivity index (χ0n) is 16.2. The fourth-order valence-corrected chi connectivity index (χ4v) is 5.83. The molecule has 0 spiro atoms. The maximum atomic E-state index is 13.2. The zero-order chi connectivity index (χ0) is 19.8. The Morgan fingerprint density at radius 1 is 1.29 bits per heavy atom. The third-order valence-corrected chi connectivity index (χ3v) is 7.02. The molecular formula is C19H23N5O2S2. The van der Waals surface area contributed by atoms with E-state index in [1.165, 1.54) is 27.1 Å². The van der Waals surface area contributed by atoms with Gasteiger partial charge in [-0.1, -0.05) is 32.1 Å². The summed E-state index contributed by atoms with van der Waals surface area (Å²) in [6.45, 7) is 6.12. The van der Waals surface area contributed by atoms with E-state index in [-0.39, 0.29) is 11.5 Å². The molecule has 1 unspecified atom stereocenters. The highest BCUT2D eigenvalue weighted by atomic mass is 32.1. The molecule has 0 saturated heterocycles. The van der Waals surface area contributed by atoms with E-state index in [1.54, 1.807) is 11.3 Å². The third-order valence-electron chi connectivity index (χ3n) is 4.96. The monoisotopic (exact) mass is 417 g/mol. The summed E-state index contributed by atoms with van der Waals surface area (Å²) in [4.78, 5) is 32.6. The van der Waals surface area contributed by atoms with Crippen LogP contribution in [-0.2, 0) is 24.1 Å². The van der Waals surface area contributed by atoms with Gasteiger partial charge in [0.2, 0.25) is 11.0 Å². The molecule has 1 aliphatic rings. The van der Waals surface area contributed by atoms with Gasteiger partial charge in [0.1, 0.15) is 15.9 Å². The molecule has 3 aromatic heterocycles. The van der Waals surface area contributed by atoms with Crippen LogP contribution in [0.1, 0.15) is 55.1 Å². The van der Waals surface area contributed by atoms with Gasteiger partial charge in [-0.3, -0.25) is 19.5 Å². The topological polar surface area (TPSA) is 89.8 Å². The molecule has 0 aromatic carbocycles. The molecule has 28 heavy (non-hydrogen) atoms. The van der Waals surface area contributed by atoms with Gasteiger partial charge in [0.15, 0.2) is 0 Å². The Labute approximate surface area is 170 Å². The van der Waals surface area contributed by atoms with E-state index in [4.69, 9.17) is 0 Å². The van der Waals surface area contributed by atoms with Gasteiger partial charge >= 0.3 is 0 Å². The van der Waals surface area contributed by atoms with E-state index in [2.05, 4.69) is 34.3 Å². The molecule has 1 atom stereocenters. The van der Waals surface area contributed by atoms with E-state index >= 15 is 0 Å². The van der Waals surface area contributed by atoms with Crippen LogP contribution in [0.5, 0.6) is 0 Å². The van der Waals surface area contributed by atoms with Crippen molar-refractivity contribution in [3.63, 3.8) is 0 Å². The van der Waals surface area contributed by atoms with Crippen LogP contribution in [0.3, 0.4) is 0 Å². The zero-order valence-corrected chi connectivity index (χ0v) is 17.8. The average Bonchev–Trinajstić information content (AvgIpc) is 3.33. The summed E-state index contributed by atoms with van der Waals surface area (Å²) >= 11 is 2.99. The largest absolute Gasteiger partial charge is 0.299 e. The number of rotatable bonds is 6. The van der Waals surface area contributed by atoms with Gasteiger partial charge in [0, 0.05) is 11.3 Å². The quantitative estimate of drug-likeness (QED) is 0.662. The molecule has 148 valence electrons. The van der Waals surface area contributed by atoms with Crippen LogP contribution in [-0.4, -0.2) is 25.7 Å². The Bertz CT molecular complexity index is 1080. The SMILES string of the molecule is CCC(C(=O)Nc1nnc(CC(C)C)s1)n1cnc2sc3c(c2c1=O)CCC3. The number of fused-ring (bicyclic) bond motifs is 3. The van der Waals surface area contributed by atoms with Gasteiger partial charge in [-0.2, -0.15) is 0 Å². The van der Waals surface area contributed by atoms with Crippen molar-refractivity contribution in [2.24, 2.45) is 5.92 Å². The molecule has 3 aromatic rings. The van der Waals surface area contributed by atoms with Crippen molar-refractivity contribution in [2.75, 3.05) is 5.32 Å². The summed E-state index contributed by atoms with van der Waals surface area (Å²) in [5.41, 5.74) is 1.01. The van der Waals surface area contributed by atoms with Gasteiger partial charge in [-0.05, 0) is 37.2 Å². The Morgan fingerprint density at radius 2 is 2.11 bits per heavy atom. The first-order valence-electron chi connectivity index (χ1n) is 9.62. The number of nitrogens with one attached hydrogen (secondary N) is 1. The molecule has 0 fully saturated rings. The van der Waals surface area contributed by atoms with Crippen molar-refractivity contribution in [1.82, 2.24) is 19.7 Å². The standard InChI is InChI=1S/C19H23N5O2S2/c1-4-12(16(25)21-19-23-22-14(28-19)8-10(2)3)24-9-20-17-15(18(24)26)11-6-5-7-13(11)27-17/h9-10,12H,4-8H2,1-3H3,(H,21,23,25). The van der Waals surface area contributed by atoms with Crippen molar-refractivity contribution >= 4 is 43.9 Å². The Morgan fingerprint density at radius 3 is 2.86 bits per heavy atom. The number of aromatic nitrogens is 4. The normalized spacial score (nSPS) is 14.6. The van der Waals surface area contributed by atoms with Crippen LogP contribution in [0.2, 0.25) is 0 Å². The lowest BCUT2D eigenvalue weighted by molar-refractivity contribution is -0.119. The van der Waals surface area contributed by atoms with Crippen molar-refractivity contribution in [2.45, 2.75) is 58.9 Å². The van der Waals surface area contributed by atoms with Crippen molar-refractivity contribution in [3.8, 4) is 0 Å². The lowest BCUT2D eigenvalue weighted by atomic mass is 10.1. The summed E-state index contributed by atoms with van der Waals surface area (Å²) in [5.74, 6) is 0.216. The highest BCUT2D eigenvalue weighted by molar-refractivity contribution is 7.18. The van der Waals surface area contributed by atoms with Crippen LogP contribution >= 0.6 is 22.7 Å². The van der Waals surface area contributed by atoms with Crippen LogP contribution < -0.4 is 10.9 Å². The molecule has 4 rings (SSSR count). The Kier molecular flexibility index (Phi) is 5.29. The molecule has 3 heterocycles. The lowest BCUT2D eigenvalue weighted by Gasteiger charge is -2.16. The van der Waals surface area contributed by atoms with Crippen molar-refractivity contribution in [1.29, 1.82) is 0 Å². The number of carbonyl (C=O) groups is 1. The molecule has 9 heteroatoms. The molecule has 7 nitrogen and oxygen atoms in total. The number of amides is 1. The lowest BCUT2D eigenvalue weighted by Crippen LogP contribution is -2.33. The number of carbonyl (C=O) groups excluding carboxylic acids is 1. The first kappa shape index (κ1) is 19.2. The second-order valence-electron chi connectivity index (χ2n) is 7.51. The van der Waals surface area contributed by atoms with Crippen LogP contribution in [0, 0.1) is 5.92 Å². The van der Waals surface area contributed by atoms with Gasteiger partial charge in [-0.25, -0.2) is 4.98 Å². The molecule has 0 radical (unpaired) electrons. The summed E-state index contributed by atoms with van der Waals surface area (Å²) in [7, 11) is 0. The number of hydrogen-bond acceptors (Lipinski definition) is 7. The molecule has 1 N–H and O–H groups in total. The minimum absolute atomic E-state index is 0.121. The number of nitrogens with zero attached hydrogens (tertiary/aromatic N) is 4. The minimum Gasteiger partial charge on any atom is -0.299 e. The van der Waals surface area contributed by atoms with E-state index in [9.17, 15) is 9.59 Å². The number of hydrogen-bond donors (Lipinski definition) is 1. The number of anilines is 1.